The first-order chi connectivity index (χ1) is 9.54. The van der Waals surface area contributed by atoms with Gasteiger partial charge in [-0.1, -0.05) is 0 Å². The molecule has 0 saturated heterocycles. The summed E-state index contributed by atoms with van der Waals surface area (Å²) in [5, 5.41) is 3.22. The number of halogens is 1. The predicted molar refractivity (Wildman–Crippen MR) is 80.8 cm³/mol. The van der Waals surface area contributed by atoms with Gasteiger partial charge < -0.3 is 20.5 Å². The topological polar surface area (TPSA) is 56.5 Å². The minimum atomic E-state index is -0.429. The van der Waals surface area contributed by atoms with Gasteiger partial charge in [0, 0.05) is 32.4 Å². The van der Waals surface area contributed by atoms with Crippen molar-refractivity contribution in [3.05, 3.63) is 17.9 Å². The molecule has 0 unspecified atom stereocenters. The van der Waals surface area contributed by atoms with Crippen molar-refractivity contribution in [2.75, 3.05) is 31.3 Å². The third-order valence-electron chi connectivity index (χ3n) is 2.81. The number of benzene rings is 1. The number of unbranched alkanes of at least 4 members (excludes halogenated alkanes) is 2. The summed E-state index contributed by atoms with van der Waals surface area (Å²) in [5.74, 6) is -0.196. The summed E-state index contributed by atoms with van der Waals surface area (Å²) in [7, 11) is 1.70. The van der Waals surface area contributed by atoms with Crippen LogP contribution >= 0.6 is 0 Å². The molecular formula is C15H25FN2O2. The standard InChI is InChI=1S/C15H25FN2O2/c1-11(2)20-15-10-14(13(17)9-12(15)16)18-7-5-4-6-8-19-3/h9-11,18H,4-8,17H2,1-3H3. The molecule has 0 spiro atoms. The van der Waals surface area contributed by atoms with Crippen molar-refractivity contribution in [2.24, 2.45) is 0 Å². The van der Waals surface area contributed by atoms with E-state index in [2.05, 4.69) is 5.32 Å². The molecular weight excluding hydrogens is 259 g/mol. The number of ether oxygens (including phenoxy) is 2. The Morgan fingerprint density at radius 2 is 2.00 bits per heavy atom. The van der Waals surface area contributed by atoms with Crippen molar-refractivity contribution in [1.29, 1.82) is 0 Å². The summed E-state index contributed by atoms with van der Waals surface area (Å²) in [6.45, 7) is 5.29. The fourth-order valence-electron chi connectivity index (χ4n) is 1.84. The van der Waals surface area contributed by atoms with Crippen LogP contribution in [0.5, 0.6) is 5.75 Å². The fraction of sp³-hybridized carbons (Fsp3) is 0.600. The Morgan fingerprint density at radius 1 is 1.25 bits per heavy atom. The Morgan fingerprint density at radius 3 is 2.65 bits per heavy atom. The Kier molecular flexibility index (Phi) is 7.15. The van der Waals surface area contributed by atoms with Gasteiger partial charge in [0.1, 0.15) is 0 Å². The van der Waals surface area contributed by atoms with Gasteiger partial charge in [0.05, 0.1) is 17.5 Å². The summed E-state index contributed by atoms with van der Waals surface area (Å²) in [4.78, 5) is 0. The lowest BCUT2D eigenvalue weighted by atomic mass is 10.2. The molecule has 0 radical (unpaired) electrons. The molecule has 0 bridgehead atoms. The molecule has 20 heavy (non-hydrogen) atoms. The van der Waals surface area contributed by atoms with Gasteiger partial charge in [-0.3, -0.25) is 0 Å². The van der Waals surface area contributed by atoms with Crippen LogP contribution in [-0.2, 0) is 4.74 Å². The highest BCUT2D eigenvalue weighted by atomic mass is 19.1. The SMILES string of the molecule is COCCCCCNc1cc(OC(C)C)c(F)cc1N. The van der Waals surface area contributed by atoms with E-state index in [1.807, 2.05) is 13.8 Å². The molecule has 1 rings (SSSR count). The molecule has 3 N–H and O–H groups in total. The number of hydrogen-bond acceptors (Lipinski definition) is 4. The van der Waals surface area contributed by atoms with E-state index in [-0.39, 0.29) is 11.9 Å². The molecule has 0 atom stereocenters. The highest BCUT2D eigenvalue weighted by Gasteiger charge is 2.10. The molecule has 1 aromatic rings. The molecule has 0 aliphatic heterocycles. The van der Waals surface area contributed by atoms with E-state index in [4.69, 9.17) is 15.2 Å². The van der Waals surface area contributed by atoms with Gasteiger partial charge in [-0.15, -0.1) is 0 Å². The first kappa shape index (κ1) is 16.6. The lowest BCUT2D eigenvalue weighted by molar-refractivity contribution is 0.192. The van der Waals surface area contributed by atoms with E-state index in [0.29, 0.717) is 11.4 Å². The Labute approximate surface area is 120 Å². The fourth-order valence-corrected chi connectivity index (χ4v) is 1.84. The Bertz CT molecular complexity index is 411. The molecule has 0 aliphatic rings. The maximum absolute atomic E-state index is 13.7. The number of nitrogen functional groups attached to an aromatic ring is 1. The molecule has 0 fully saturated rings. The number of nitrogens with two attached hydrogens (primary N) is 1. The van der Waals surface area contributed by atoms with Crippen LogP contribution in [0.4, 0.5) is 15.8 Å². The van der Waals surface area contributed by atoms with Gasteiger partial charge in [-0.25, -0.2) is 4.39 Å². The average molecular weight is 284 g/mol. The van der Waals surface area contributed by atoms with E-state index in [1.54, 1.807) is 13.2 Å². The van der Waals surface area contributed by atoms with Crippen LogP contribution in [0.25, 0.3) is 0 Å². The zero-order valence-electron chi connectivity index (χ0n) is 12.5. The van der Waals surface area contributed by atoms with Crippen LogP contribution < -0.4 is 15.8 Å². The molecule has 0 aromatic heterocycles. The molecule has 0 amide bonds. The zero-order chi connectivity index (χ0) is 15.0. The van der Waals surface area contributed by atoms with E-state index in [9.17, 15) is 4.39 Å². The van der Waals surface area contributed by atoms with Crippen molar-refractivity contribution >= 4 is 11.4 Å². The van der Waals surface area contributed by atoms with E-state index in [0.717, 1.165) is 32.4 Å². The zero-order valence-corrected chi connectivity index (χ0v) is 12.5. The summed E-state index contributed by atoms with van der Waals surface area (Å²) >= 11 is 0. The van der Waals surface area contributed by atoms with Gasteiger partial charge in [0.15, 0.2) is 11.6 Å². The van der Waals surface area contributed by atoms with E-state index >= 15 is 0 Å². The largest absolute Gasteiger partial charge is 0.488 e. The van der Waals surface area contributed by atoms with Crippen LogP contribution in [0, 0.1) is 5.82 Å². The third kappa shape index (κ3) is 5.65. The first-order valence-corrected chi connectivity index (χ1v) is 7.03. The van der Waals surface area contributed by atoms with Crippen molar-refractivity contribution in [3.63, 3.8) is 0 Å². The summed E-state index contributed by atoms with van der Waals surface area (Å²) in [6, 6.07) is 2.92. The monoisotopic (exact) mass is 284 g/mol. The Hall–Kier alpha value is -1.49. The maximum Gasteiger partial charge on any atom is 0.167 e. The van der Waals surface area contributed by atoms with Crippen LogP contribution in [-0.4, -0.2) is 26.4 Å². The number of anilines is 2. The highest BCUT2D eigenvalue weighted by molar-refractivity contribution is 5.68. The maximum atomic E-state index is 13.7. The van der Waals surface area contributed by atoms with E-state index < -0.39 is 5.82 Å². The summed E-state index contributed by atoms with van der Waals surface area (Å²) < 4.78 is 24.1. The van der Waals surface area contributed by atoms with Gasteiger partial charge in [0.2, 0.25) is 0 Å². The quantitative estimate of drug-likeness (QED) is 0.539. The lowest BCUT2D eigenvalue weighted by Gasteiger charge is -2.15. The van der Waals surface area contributed by atoms with Crippen LogP contribution in [0.1, 0.15) is 33.1 Å². The number of rotatable bonds is 9. The summed E-state index contributed by atoms with van der Waals surface area (Å²) in [5.41, 5.74) is 6.92. The van der Waals surface area contributed by atoms with E-state index in [1.165, 1.54) is 6.07 Å². The number of methoxy groups -OCH3 is 1. The van der Waals surface area contributed by atoms with Crippen LogP contribution in [0.15, 0.2) is 12.1 Å². The molecule has 0 heterocycles. The molecule has 114 valence electrons. The van der Waals surface area contributed by atoms with Gasteiger partial charge in [-0.2, -0.15) is 0 Å². The van der Waals surface area contributed by atoms with Crippen molar-refractivity contribution in [2.45, 2.75) is 39.2 Å². The summed E-state index contributed by atoms with van der Waals surface area (Å²) in [6.07, 6.45) is 3.06. The van der Waals surface area contributed by atoms with Gasteiger partial charge in [0.25, 0.3) is 0 Å². The van der Waals surface area contributed by atoms with Crippen LogP contribution in [0.3, 0.4) is 0 Å². The number of hydrogen-bond donors (Lipinski definition) is 2. The Balaban J connectivity index is 2.52. The second kappa shape index (κ2) is 8.64. The van der Waals surface area contributed by atoms with Crippen LogP contribution in [0.2, 0.25) is 0 Å². The average Bonchev–Trinajstić information content (AvgIpc) is 2.38. The smallest absolute Gasteiger partial charge is 0.167 e. The van der Waals surface area contributed by atoms with Gasteiger partial charge in [-0.05, 0) is 33.1 Å². The lowest BCUT2D eigenvalue weighted by Crippen LogP contribution is -2.09. The molecule has 4 nitrogen and oxygen atoms in total. The van der Waals surface area contributed by atoms with Crippen molar-refractivity contribution in [3.8, 4) is 5.75 Å². The second-order valence-electron chi connectivity index (χ2n) is 5.02. The molecule has 0 aliphatic carbocycles. The minimum absolute atomic E-state index is 0.0741. The minimum Gasteiger partial charge on any atom is -0.488 e. The number of nitrogens with one attached hydrogen (secondary N) is 1. The molecule has 5 heteroatoms. The first-order valence-electron chi connectivity index (χ1n) is 7.03. The third-order valence-corrected chi connectivity index (χ3v) is 2.81. The predicted octanol–water partition coefficient (Wildman–Crippen LogP) is 3.42. The highest BCUT2D eigenvalue weighted by Crippen LogP contribution is 2.28. The molecule has 1 aromatic carbocycles. The van der Waals surface area contributed by atoms with Crippen molar-refractivity contribution in [1.82, 2.24) is 0 Å². The normalized spacial score (nSPS) is 10.8. The van der Waals surface area contributed by atoms with Gasteiger partial charge >= 0.3 is 0 Å². The second-order valence-corrected chi connectivity index (χ2v) is 5.02. The molecule has 0 saturated carbocycles. The van der Waals surface area contributed by atoms with Crippen molar-refractivity contribution < 1.29 is 13.9 Å².